The van der Waals surface area contributed by atoms with Crippen molar-refractivity contribution in [1.29, 1.82) is 0 Å². The molecule has 1 aromatic rings. The molecule has 0 aliphatic heterocycles. The molecule has 0 aliphatic rings. The minimum Gasteiger partial charge on any atom is -0.159 e. The number of hydrogen-bond acceptors (Lipinski definition) is 2. The Balaban J connectivity index is -0.0000000242. The minimum atomic E-state index is 0. The van der Waals surface area contributed by atoms with Crippen LogP contribution in [0.4, 0.5) is 0 Å². The van der Waals surface area contributed by atoms with Crippen molar-refractivity contribution >= 4 is 0 Å². The van der Waals surface area contributed by atoms with Gasteiger partial charge in [0.15, 0.2) is 0 Å². The molecule has 8 heteroatoms. The topological polar surface area (TPSA) is 125 Å². The molecule has 0 atom stereocenters. The van der Waals surface area contributed by atoms with Gasteiger partial charge in [0.25, 0.3) is 0 Å². The molecule has 7 nitrogen and oxygen atoms in total. The van der Waals surface area contributed by atoms with Crippen molar-refractivity contribution in [2.24, 2.45) is 0 Å². The summed E-state index contributed by atoms with van der Waals surface area (Å²) in [4.78, 5) is 0. The van der Waals surface area contributed by atoms with Gasteiger partial charge in [-0.05, 0) is 12.1 Å². The molecule has 0 unspecified atom stereocenters. The summed E-state index contributed by atoms with van der Waals surface area (Å²) in [6.45, 7) is 22.5. The van der Waals surface area contributed by atoms with Crippen molar-refractivity contribution in [2.75, 3.05) is 0 Å². The van der Waals surface area contributed by atoms with Crippen LogP contribution in [0.5, 0.6) is 0 Å². The molecule has 1 heterocycles. The van der Waals surface area contributed by atoms with Crippen molar-refractivity contribution in [3.63, 3.8) is 0 Å². The van der Waals surface area contributed by atoms with E-state index in [0.717, 1.165) is 0 Å². The monoisotopic (exact) mass is 404 g/mol. The molecule has 17 heavy (non-hydrogen) atoms. The third-order valence-electron chi connectivity index (χ3n) is 0.483. The molecule has 0 spiro atoms. The third kappa shape index (κ3) is 113. The van der Waals surface area contributed by atoms with Crippen LogP contribution in [-0.4, -0.2) is 10.2 Å². The molecule has 86 valence electrons. The van der Waals surface area contributed by atoms with Crippen LogP contribution >= 0.6 is 0 Å². The average molecular weight is 404 g/mol. The zero-order chi connectivity index (χ0) is 14.2. The van der Waals surface area contributed by atoms with Gasteiger partial charge < -0.3 is 0 Å². The van der Waals surface area contributed by atoms with Gasteiger partial charge in [0.1, 0.15) is 0 Å². The quantitative estimate of drug-likeness (QED) is 0.456. The first-order chi connectivity index (χ1) is 8.00. The Morgan fingerprint density at radius 2 is 0.706 bits per heavy atom. The van der Waals surface area contributed by atoms with Crippen molar-refractivity contribution in [1.82, 2.24) is 10.2 Å². The molecule has 0 fully saturated rings. The van der Waals surface area contributed by atoms with Crippen LogP contribution in [0.25, 0.3) is 0 Å². The predicted molar refractivity (Wildman–Crippen MR) is 41.7 cm³/mol. The first kappa shape index (κ1) is 36.1. The number of hydrogen-bond donors (Lipinski definition) is 0. The van der Waals surface area contributed by atoms with Gasteiger partial charge in [-0.25, -0.2) is 0 Å². The summed E-state index contributed by atoms with van der Waals surface area (Å²) >= 11 is 0. The smallest absolute Gasteiger partial charge is 0.0496 e. The van der Waals surface area contributed by atoms with Gasteiger partial charge in [0, 0.05) is 33.5 Å². The molecule has 0 radical (unpaired) electrons. The maximum atomic E-state index is 7.50. The first-order valence-corrected chi connectivity index (χ1v) is 2.74. The van der Waals surface area contributed by atoms with E-state index in [0.29, 0.717) is 0 Å². The van der Waals surface area contributed by atoms with Gasteiger partial charge in [-0.3, -0.25) is 0 Å². The normalized spacial score (nSPS) is 3.41. The van der Waals surface area contributed by atoms with Crippen LogP contribution in [0, 0.1) is 33.3 Å². The Hall–Kier alpha value is -1.53. The van der Waals surface area contributed by atoms with E-state index < -0.39 is 0 Å². The zero-order valence-corrected chi connectivity index (χ0v) is 11.1. The van der Waals surface area contributed by atoms with Crippen LogP contribution in [0.1, 0.15) is 0 Å². The van der Waals surface area contributed by atoms with Gasteiger partial charge in [-0.2, -0.15) is 10.2 Å². The third-order valence-corrected chi connectivity index (χ3v) is 0.483. The van der Waals surface area contributed by atoms with E-state index in [2.05, 4.69) is 43.4 Å². The fourth-order valence-corrected chi connectivity index (χ4v) is 0.253. The molecule has 1 rings (SSSR count). The van der Waals surface area contributed by atoms with Gasteiger partial charge in [-0.1, -0.05) is 0 Å². The predicted octanol–water partition coefficient (Wildman–Crippen LogP) is 0.287. The molecule has 0 amide bonds. The summed E-state index contributed by atoms with van der Waals surface area (Å²) in [5.41, 5.74) is 0. The standard InChI is InChI=1S/C4H4N2.5CO.W/c1-2-4-6-5-3-1;5*1-2;/h1-4H;;;;;;. The summed E-state index contributed by atoms with van der Waals surface area (Å²) in [6, 6.07) is 3.65. The second-order valence-corrected chi connectivity index (χ2v) is 0.914. The summed E-state index contributed by atoms with van der Waals surface area (Å²) in [5.74, 6) is 0. The SMILES string of the molecule is [C-]#[O+].[C-]#[O+].[C-]#[O+].[C-]#[O+].[C-]#[O+].[W].c1ccnnc1. The van der Waals surface area contributed by atoms with E-state index >= 15 is 0 Å². The second kappa shape index (κ2) is 131. The van der Waals surface area contributed by atoms with E-state index in [9.17, 15) is 0 Å². The van der Waals surface area contributed by atoms with Crippen molar-refractivity contribution in [3.05, 3.63) is 57.8 Å². The van der Waals surface area contributed by atoms with Crippen LogP contribution < -0.4 is 0 Å². The van der Waals surface area contributed by atoms with E-state index in [1.165, 1.54) is 0 Å². The van der Waals surface area contributed by atoms with E-state index in [1.54, 1.807) is 12.4 Å². The maximum Gasteiger partial charge on any atom is 0.0496 e. The molecule has 1 aromatic heterocycles. The van der Waals surface area contributed by atoms with Crippen LogP contribution in [0.3, 0.4) is 0 Å². The molecule has 0 N–H and O–H groups in total. The molecular formula is C9H4N2O5W. The fourth-order valence-electron chi connectivity index (χ4n) is 0.253. The van der Waals surface area contributed by atoms with Crippen LogP contribution in [-0.2, 0) is 44.3 Å². The number of nitrogens with zero attached hydrogens (tertiary/aromatic N) is 2. The second-order valence-electron chi connectivity index (χ2n) is 0.914. The van der Waals surface area contributed by atoms with Gasteiger partial charge in [0.05, 0.1) is 0 Å². The minimum absolute atomic E-state index is 0. The van der Waals surface area contributed by atoms with E-state index in [-0.39, 0.29) is 21.1 Å². The molecule has 0 aromatic carbocycles. The van der Waals surface area contributed by atoms with Crippen molar-refractivity contribution in [2.45, 2.75) is 0 Å². The zero-order valence-electron chi connectivity index (χ0n) is 8.15. The van der Waals surface area contributed by atoms with Crippen molar-refractivity contribution < 1.29 is 44.3 Å². The first-order valence-electron chi connectivity index (χ1n) is 2.74. The van der Waals surface area contributed by atoms with Crippen LogP contribution in [0.15, 0.2) is 24.5 Å². The summed E-state index contributed by atoms with van der Waals surface area (Å²) in [7, 11) is 0. The summed E-state index contributed by atoms with van der Waals surface area (Å²) < 4.78 is 37.5. The Labute approximate surface area is 112 Å². The number of aromatic nitrogens is 2. The maximum absolute atomic E-state index is 7.50. The molecule has 0 aliphatic carbocycles. The Morgan fingerprint density at radius 3 is 0.765 bits per heavy atom. The Kier molecular flexibility index (Phi) is 279. The fraction of sp³-hybridized carbons (Fsp3) is 0. The van der Waals surface area contributed by atoms with E-state index in [1.807, 2.05) is 12.1 Å². The van der Waals surface area contributed by atoms with Crippen LogP contribution in [0.2, 0.25) is 0 Å². The Bertz CT molecular complexity index is 219. The molecule has 0 bridgehead atoms. The van der Waals surface area contributed by atoms with E-state index in [4.69, 9.17) is 23.3 Å². The molecular weight excluding hydrogens is 400 g/mol. The average Bonchev–Trinajstić information content (AvgIpc) is 2.51. The largest absolute Gasteiger partial charge is 0.159 e. The Morgan fingerprint density at radius 1 is 0.529 bits per heavy atom. The van der Waals surface area contributed by atoms with Gasteiger partial charge in [0.2, 0.25) is 0 Å². The molecule has 0 saturated carbocycles. The van der Waals surface area contributed by atoms with Gasteiger partial charge in [-0.15, -0.1) is 0 Å². The van der Waals surface area contributed by atoms with Crippen molar-refractivity contribution in [3.8, 4) is 0 Å². The summed E-state index contributed by atoms with van der Waals surface area (Å²) in [6.07, 6.45) is 3.28. The molecule has 0 saturated heterocycles. The summed E-state index contributed by atoms with van der Waals surface area (Å²) in [5, 5.41) is 7.07. The number of rotatable bonds is 0. The van der Waals surface area contributed by atoms with Gasteiger partial charge >= 0.3 is 56.5 Å².